The summed E-state index contributed by atoms with van der Waals surface area (Å²) in [4.78, 5) is 0. The highest BCUT2D eigenvalue weighted by molar-refractivity contribution is 6.02. The molecule has 0 amide bonds. The third-order valence-corrected chi connectivity index (χ3v) is 3.33. The molecule has 0 aromatic heterocycles. The van der Waals surface area contributed by atoms with E-state index in [2.05, 4.69) is 62.0 Å². The Labute approximate surface area is 102 Å². The minimum atomic E-state index is 1.30. The molecule has 82 valence electrons. The molecule has 1 aliphatic carbocycles. The third kappa shape index (κ3) is 1.38. The highest BCUT2D eigenvalue weighted by Crippen LogP contribution is 2.45. The summed E-state index contributed by atoms with van der Waals surface area (Å²) in [6, 6.07) is 15.1. The first kappa shape index (κ1) is 10.1. The van der Waals surface area contributed by atoms with E-state index in [1.54, 1.807) is 0 Å². The smallest absolute Gasteiger partial charge is 0.00697 e. The molecule has 1 aliphatic rings. The van der Waals surface area contributed by atoms with Crippen LogP contribution in [0.3, 0.4) is 0 Å². The lowest BCUT2D eigenvalue weighted by Gasteiger charge is -2.05. The van der Waals surface area contributed by atoms with Crippen LogP contribution in [-0.2, 0) is 0 Å². The first-order valence-electron chi connectivity index (χ1n) is 5.85. The largest absolute Gasteiger partial charge is 0.0990 e. The Balaban J connectivity index is 2.42. The van der Waals surface area contributed by atoms with Gasteiger partial charge in [-0.05, 0) is 40.3 Å². The molecule has 0 nitrogen and oxygen atoms in total. The van der Waals surface area contributed by atoms with Gasteiger partial charge in [0.05, 0.1) is 0 Å². The number of hydrogen-bond acceptors (Lipinski definition) is 0. The Hall–Kier alpha value is -2.08. The maximum Gasteiger partial charge on any atom is -0.00697 e. The van der Waals surface area contributed by atoms with Gasteiger partial charge in [-0.3, -0.25) is 0 Å². The quantitative estimate of drug-likeness (QED) is 0.560. The van der Waals surface area contributed by atoms with Gasteiger partial charge >= 0.3 is 0 Å². The van der Waals surface area contributed by atoms with Gasteiger partial charge in [0.15, 0.2) is 0 Å². The maximum absolute atomic E-state index is 3.82. The lowest BCUT2D eigenvalue weighted by atomic mass is 9.99. The van der Waals surface area contributed by atoms with E-state index in [0.717, 1.165) is 0 Å². The zero-order valence-corrected chi connectivity index (χ0v) is 9.90. The van der Waals surface area contributed by atoms with E-state index in [4.69, 9.17) is 0 Å². The van der Waals surface area contributed by atoms with Crippen LogP contribution in [0.5, 0.6) is 0 Å². The highest BCUT2D eigenvalue weighted by Gasteiger charge is 2.23. The van der Waals surface area contributed by atoms with Crippen LogP contribution in [0.15, 0.2) is 61.2 Å². The molecule has 0 saturated carbocycles. The van der Waals surface area contributed by atoms with Crippen molar-refractivity contribution >= 4 is 5.57 Å². The van der Waals surface area contributed by atoms with Gasteiger partial charge in [-0.25, -0.2) is 0 Å². The fourth-order valence-corrected chi connectivity index (χ4v) is 2.63. The molecule has 0 heterocycles. The molecule has 0 N–H and O–H groups in total. The topological polar surface area (TPSA) is 0 Å². The summed E-state index contributed by atoms with van der Waals surface area (Å²) in [6.45, 7) is 5.99. The molecular weight excluding hydrogens is 204 g/mol. The van der Waals surface area contributed by atoms with Crippen LogP contribution in [0.25, 0.3) is 16.7 Å². The van der Waals surface area contributed by atoms with Crippen molar-refractivity contribution in [1.82, 2.24) is 0 Å². The van der Waals surface area contributed by atoms with Crippen LogP contribution < -0.4 is 0 Å². The van der Waals surface area contributed by atoms with E-state index in [1.165, 1.54) is 33.4 Å². The van der Waals surface area contributed by atoms with Gasteiger partial charge in [-0.15, -0.1) is 0 Å². The molecule has 0 saturated heterocycles. The van der Waals surface area contributed by atoms with Crippen molar-refractivity contribution in [1.29, 1.82) is 0 Å². The molecule has 0 heteroatoms. The van der Waals surface area contributed by atoms with Crippen molar-refractivity contribution in [2.75, 3.05) is 0 Å². The number of aryl methyl sites for hydroxylation is 1. The first-order chi connectivity index (χ1) is 8.33. The molecule has 2 aromatic carbocycles. The maximum atomic E-state index is 3.82. The molecule has 0 fully saturated rings. The molecule has 17 heavy (non-hydrogen) atoms. The van der Waals surface area contributed by atoms with Gasteiger partial charge in [0, 0.05) is 0 Å². The van der Waals surface area contributed by atoms with Gasteiger partial charge in [-0.2, -0.15) is 0 Å². The van der Waals surface area contributed by atoms with Gasteiger partial charge in [-0.1, -0.05) is 61.2 Å². The van der Waals surface area contributed by atoms with E-state index >= 15 is 0 Å². The highest BCUT2D eigenvalue weighted by atomic mass is 14.3. The minimum absolute atomic E-state index is 1.30. The van der Waals surface area contributed by atoms with Crippen LogP contribution in [0.2, 0.25) is 0 Å². The lowest BCUT2D eigenvalue weighted by molar-refractivity contribution is 1.44. The second-order valence-corrected chi connectivity index (χ2v) is 4.36. The van der Waals surface area contributed by atoms with Crippen LogP contribution in [0.1, 0.15) is 16.7 Å². The fourth-order valence-electron chi connectivity index (χ4n) is 2.63. The van der Waals surface area contributed by atoms with Gasteiger partial charge in [0.2, 0.25) is 0 Å². The summed E-state index contributed by atoms with van der Waals surface area (Å²) in [7, 11) is 0. The predicted molar refractivity (Wildman–Crippen MR) is 73.9 cm³/mol. The predicted octanol–water partition coefficient (Wildman–Crippen LogP) is 4.59. The Bertz CT molecular complexity index is 630. The summed E-state index contributed by atoms with van der Waals surface area (Å²) in [5.41, 5.74) is 7.97. The zero-order valence-electron chi connectivity index (χ0n) is 9.90. The molecule has 2 aromatic rings. The molecular formula is C17H14. The molecule has 0 spiro atoms. The number of fused-ring (bicyclic) bond motifs is 3. The number of benzene rings is 2. The summed E-state index contributed by atoms with van der Waals surface area (Å²) in [6.07, 6.45) is 3.98. The average molecular weight is 218 g/mol. The standard InChI is InChI=1S/C17H14/c1-3-7-15-13-9-4-5-10-14(13)16-11-6-8-12(2)17(15)16/h3-11H,1H2,2H3/b15-7-. The molecule has 0 bridgehead atoms. The molecule has 0 radical (unpaired) electrons. The van der Waals surface area contributed by atoms with Crippen molar-refractivity contribution in [3.63, 3.8) is 0 Å². The summed E-state index contributed by atoms with van der Waals surface area (Å²) < 4.78 is 0. The monoisotopic (exact) mass is 218 g/mol. The van der Waals surface area contributed by atoms with Crippen molar-refractivity contribution in [3.05, 3.63) is 77.9 Å². The third-order valence-electron chi connectivity index (χ3n) is 3.33. The molecule has 0 aliphatic heterocycles. The molecule has 3 rings (SSSR count). The van der Waals surface area contributed by atoms with E-state index < -0.39 is 0 Å². The zero-order chi connectivity index (χ0) is 11.8. The number of hydrogen-bond donors (Lipinski definition) is 0. The van der Waals surface area contributed by atoms with Crippen LogP contribution in [0.4, 0.5) is 0 Å². The van der Waals surface area contributed by atoms with Crippen LogP contribution in [0, 0.1) is 6.92 Å². The van der Waals surface area contributed by atoms with Crippen LogP contribution in [-0.4, -0.2) is 0 Å². The van der Waals surface area contributed by atoms with Gasteiger partial charge < -0.3 is 0 Å². The van der Waals surface area contributed by atoms with E-state index in [9.17, 15) is 0 Å². The first-order valence-corrected chi connectivity index (χ1v) is 5.85. The SMILES string of the molecule is C=C/C=C1/c2ccccc2-c2cccc(C)c21. The normalized spacial score (nSPS) is 14.5. The van der Waals surface area contributed by atoms with Crippen molar-refractivity contribution in [3.8, 4) is 11.1 Å². The summed E-state index contributed by atoms with van der Waals surface area (Å²) in [5.74, 6) is 0. The molecule has 0 unspecified atom stereocenters. The lowest BCUT2D eigenvalue weighted by Crippen LogP contribution is -1.85. The van der Waals surface area contributed by atoms with Crippen molar-refractivity contribution in [2.24, 2.45) is 0 Å². The van der Waals surface area contributed by atoms with Crippen molar-refractivity contribution in [2.45, 2.75) is 6.92 Å². The second-order valence-electron chi connectivity index (χ2n) is 4.36. The minimum Gasteiger partial charge on any atom is -0.0990 e. The van der Waals surface area contributed by atoms with Crippen LogP contribution >= 0.6 is 0 Å². The number of allylic oxidation sites excluding steroid dienone is 2. The van der Waals surface area contributed by atoms with Gasteiger partial charge in [0.25, 0.3) is 0 Å². The van der Waals surface area contributed by atoms with Gasteiger partial charge in [0.1, 0.15) is 0 Å². The Morgan fingerprint density at radius 3 is 2.35 bits per heavy atom. The Morgan fingerprint density at radius 2 is 1.59 bits per heavy atom. The van der Waals surface area contributed by atoms with E-state index in [0.29, 0.717) is 0 Å². The van der Waals surface area contributed by atoms with E-state index in [1.807, 2.05) is 6.08 Å². The van der Waals surface area contributed by atoms with Crippen molar-refractivity contribution < 1.29 is 0 Å². The van der Waals surface area contributed by atoms with E-state index in [-0.39, 0.29) is 0 Å². The summed E-state index contributed by atoms with van der Waals surface area (Å²) in [5, 5.41) is 0. The number of rotatable bonds is 1. The fraction of sp³-hybridized carbons (Fsp3) is 0.0588. The second kappa shape index (κ2) is 3.74. The Kier molecular flexibility index (Phi) is 2.22. The molecule has 0 atom stereocenters. The Morgan fingerprint density at radius 1 is 0.882 bits per heavy atom. The average Bonchev–Trinajstić information content (AvgIpc) is 2.67. The summed E-state index contributed by atoms with van der Waals surface area (Å²) >= 11 is 0.